The number of benzene rings is 1. The van der Waals surface area contributed by atoms with Crippen molar-refractivity contribution in [3.63, 3.8) is 0 Å². The molecule has 0 aliphatic carbocycles. The maximum Gasteiger partial charge on any atom is 0.224 e. The molecule has 0 radical (unpaired) electrons. The van der Waals surface area contributed by atoms with Gasteiger partial charge in [0.1, 0.15) is 5.82 Å². The minimum absolute atomic E-state index is 0.127. The summed E-state index contributed by atoms with van der Waals surface area (Å²) >= 11 is 0. The van der Waals surface area contributed by atoms with Gasteiger partial charge in [-0.3, -0.25) is 5.10 Å². The summed E-state index contributed by atoms with van der Waals surface area (Å²) in [5.74, 6) is 0.463. The third kappa shape index (κ3) is 1.55. The Morgan fingerprint density at radius 1 is 1.17 bits per heavy atom. The van der Waals surface area contributed by atoms with Crippen molar-refractivity contribution in [1.29, 1.82) is 0 Å². The number of H-pyrrole nitrogens is 1. The molecule has 0 spiro atoms. The molecule has 0 saturated carbocycles. The highest BCUT2D eigenvalue weighted by atomic mass is 15.2. The maximum absolute atomic E-state index is 5.89. The Kier molecular flexibility index (Phi) is 2.16. The highest BCUT2D eigenvalue weighted by Crippen LogP contribution is 2.29. The first-order valence-electron chi connectivity index (χ1n) is 5.49. The smallest absolute Gasteiger partial charge is 0.224 e. The number of nitrogen functional groups attached to an aromatic ring is 2. The molecule has 0 saturated heterocycles. The molecule has 0 bridgehead atoms. The molecule has 0 atom stereocenters. The van der Waals surface area contributed by atoms with E-state index in [1.807, 2.05) is 31.2 Å². The Bertz CT molecular complexity index is 731. The molecule has 0 unspecified atom stereocenters. The van der Waals surface area contributed by atoms with E-state index in [1.54, 1.807) is 0 Å². The van der Waals surface area contributed by atoms with Gasteiger partial charge in [0.15, 0.2) is 5.65 Å². The van der Waals surface area contributed by atoms with Crippen LogP contribution < -0.4 is 11.5 Å². The summed E-state index contributed by atoms with van der Waals surface area (Å²) in [6, 6.07) is 8.03. The standard InChI is InChI=1S/C12H12N6/c1-6-3-2-4-7(5-6)9-8-10(13)15-12(14)16-11(8)18-17-9/h2-5H,1H3,(H5,13,14,15,16,17,18). The predicted molar refractivity (Wildman–Crippen MR) is 70.7 cm³/mol. The van der Waals surface area contributed by atoms with Crippen LogP contribution in [0.4, 0.5) is 11.8 Å². The molecule has 0 aliphatic rings. The fourth-order valence-corrected chi connectivity index (χ4v) is 1.98. The van der Waals surface area contributed by atoms with E-state index in [0.29, 0.717) is 16.9 Å². The lowest BCUT2D eigenvalue weighted by Gasteiger charge is -2.02. The van der Waals surface area contributed by atoms with E-state index in [2.05, 4.69) is 20.2 Å². The first-order valence-corrected chi connectivity index (χ1v) is 5.49. The van der Waals surface area contributed by atoms with Gasteiger partial charge in [-0.15, -0.1) is 0 Å². The number of aromatic amines is 1. The summed E-state index contributed by atoms with van der Waals surface area (Å²) in [4.78, 5) is 8.02. The zero-order valence-electron chi connectivity index (χ0n) is 9.81. The topological polar surface area (TPSA) is 106 Å². The second kappa shape index (κ2) is 3.69. The minimum atomic E-state index is 0.127. The number of rotatable bonds is 1. The van der Waals surface area contributed by atoms with Crippen LogP contribution in [-0.2, 0) is 0 Å². The van der Waals surface area contributed by atoms with E-state index in [0.717, 1.165) is 16.8 Å². The molecular formula is C12H12N6. The average Bonchev–Trinajstić information content (AvgIpc) is 2.72. The van der Waals surface area contributed by atoms with Gasteiger partial charge in [-0.05, 0) is 13.0 Å². The summed E-state index contributed by atoms with van der Waals surface area (Å²) in [6.45, 7) is 2.03. The Morgan fingerprint density at radius 2 is 2.00 bits per heavy atom. The summed E-state index contributed by atoms with van der Waals surface area (Å²) < 4.78 is 0. The number of hydrogen-bond acceptors (Lipinski definition) is 5. The fourth-order valence-electron chi connectivity index (χ4n) is 1.98. The minimum Gasteiger partial charge on any atom is -0.383 e. The number of nitrogens with two attached hydrogens (primary N) is 2. The molecule has 0 aliphatic heterocycles. The quantitative estimate of drug-likeness (QED) is 0.597. The third-order valence-corrected chi connectivity index (χ3v) is 2.77. The van der Waals surface area contributed by atoms with Crippen molar-refractivity contribution in [1.82, 2.24) is 20.2 Å². The molecule has 90 valence electrons. The number of aryl methyl sites for hydroxylation is 1. The predicted octanol–water partition coefficient (Wildman–Crippen LogP) is 1.49. The second-order valence-electron chi connectivity index (χ2n) is 4.13. The van der Waals surface area contributed by atoms with Crippen molar-refractivity contribution in [2.75, 3.05) is 11.5 Å². The van der Waals surface area contributed by atoms with Crippen LogP contribution in [0.1, 0.15) is 5.56 Å². The SMILES string of the molecule is Cc1cccc(-c2[nH]nc3nc(N)nc(N)c23)c1. The molecule has 1 aromatic carbocycles. The van der Waals surface area contributed by atoms with E-state index in [1.165, 1.54) is 0 Å². The summed E-state index contributed by atoms with van der Waals surface area (Å²) in [5, 5.41) is 7.75. The van der Waals surface area contributed by atoms with Gasteiger partial charge in [0.05, 0.1) is 11.1 Å². The van der Waals surface area contributed by atoms with Crippen molar-refractivity contribution >= 4 is 22.8 Å². The zero-order valence-corrected chi connectivity index (χ0v) is 9.81. The van der Waals surface area contributed by atoms with E-state index >= 15 is 0 Å². The number of hydrogen-bond donors (Lipinski definition) is 3. The summed E-state index contributed by atoms with van der Waals surface area (Å²) in [5.41, 5.74) is 14.9. The van der Waals surface area contributed by atoms with Crippen LogP contribution in [-0.4, -0.2) is 20.2 Å². The molecule has 6 nitrogen and oxygen atoms in total. The van der Waals surface area contributed by atoms with Gasteiger partial charge >= 0.3 is 0 Å². The monoisotopic (exact) mass is 240 g/mol. The molecule has 6 heteroatoms. The van der Waals surface area contributed by atoms with Crippen LogP contribution in [0.3, 0.4) is 0 Å². The Morgan fingerprint density at radius 3 is 2.78 bits per heavy atom. The van der Waals surface area contributed by atoms with E-state index in [9.17, 15) is 0 Å². The van der Waals surface area contributed by atoms with Gasteiger partial charge in [-0.25, -0.2) is 0 Å². The van der Waals surface area contributed by atoms with E-state index in [4.69, 9.17) is 11.5 Å². The maximum atomic E-state index is 5.89. The van der Waals surface area contributed by atoms with Gasteiger partial charge in [-0.1, -0.05) is 23.8 Å². The summed E-state index contributed by atoms with van der Waals surface area (Å²) in [7, 11) is 0. The normalized spacial score (nSPS) is 10.9. The van der Waals surface area contributed by atoms with Gasteiger partial charge in [-0.2, -0.15) is 15.1 Å². The first kappa shape index (κ1) is 10.5. The van der Waals surface area contributed by atoms with Crippen molar-refractivity contribution in [3.05, 3.63) is 29.8 Å². The van der Waals surface area contributed by atoms with Crippen molar-refractivity contribution in [2.24, 2.45) is 0 Å². The lowest BCUT2D eigenvalue weighted by atomic mass is 10.1. The molecule has 18 heavy (non-hydrogen) atoms. The Hall–Kier alpha value is -2.63. The molecule has 0 amide bonds. The van der Waals surface area contributed by atoms with Crippen LogP contribution in [0.15, 0.2) is 24.3 Å². The molecule has 3 aromatic rings. The Balaban J connectivity index is 2.31. The van der Waals surface area contributed by atoms with Crippen LogP contribution in [0.25, 0.3) is 22.3 Å². The van der Waals surface area contributed by atoms with Crippen LogP contribution in [0.2, 0.25) is 0 Å². The lowest BCUT2D eigenvalue weighted by Crippen LogP contribution is -2.00. The molecule has 2 aromatic heterocycles. The van der Waals surface area contributed by atoms with Crippen molar-refractivity contribution < 1.29 is 0 Å². The number of aromatic nitrogens is 4. The van der Waals surface area contributed by atoms with Crippen LogP contribution in [0, 0.1) is 6.92 Å². The molecule has 2 heterocycles. The molecule has 0 fully saturated rings. The van der Waals surface area contributed by atoms with Crippen molar-refractivity contribution in [3.8, 4) is 11.3 Å². The average molecular weight is 240 g/mol. The number of nitrogens with zero attached hydrogens (tertiary/aromatic N) is 3. The largest absolute Gasteiger partial charge is 0.383 e. The van der Waals surface area contributed by atoms with Gasteiger partial charge in [0, 0.05) is 5.56 Å². The highest BCUT2D eigenvalue weighted by Gasteiger charge is 2.13. The highest BCUT2D eigenvalue weighted by molar-refractivity contribution is 5.98. The fraction of sp³-hybridized carbons (Fsp3) is 0.0833. The van der Waals surface area contributed by atoms with E-state index < -0.39 is 0 Å². The number of nitrogens with one attached hydrogen (secondary N) is 1. The summed E-state index contributed by atoms with van der Waals surface area (Å²) in [6.07, 6.45) is 0. The molecule has 3 rings (SSSR count). The molecule has 5 N–H and O–H groups in total. The lowest BCUT2D eigenvalue weighted by molar-refractivity contribution is 1.10. The van der Waals surface area contributed by atoms with Crippen molar-refractivity contribution in [2.45, 2.75) is 6.92 Å². The van der Waals surface area contributed by atoms with Crippen LogP contribution >= 0.6 is 0 Å². The zero-order chi connectivity index (χ0) is 12.7. The third-order valence-electron chi connectivity index (χ3n) is 2.77. The van der Waals surface area contributed by atoms with Gasteiger partial charge in [0.2, 0.25) is 5.95 Å². The number of fused-ring (bicyclic) bond motifs is 1. The molecular weight excluding hydrogens is 228 g/mol. The Labute approximate surface area is 103 Å². The first-order chi connectivity index (χ1) is 8.65. The van der Waals surface area contributed by atoms with Gasteiger partial charge < -0.3 is 11.5 Å². The van der Waals surface area contributed by atoms with Gasteiger partial charge in [0.25, 0.3) is 0 Å². The van der Waals surface area contributed by atoms with E-state index in [-0.39, 0.29) is 5.95 Å². The second-order valence-corrected chi connectivity index (χ2v) is 4.13. The van der Waals surface area contributed by atoms with Crippen LogP contribution in [0.5, 0.6) is 0 Å². The number of anilines is 2.